The first-order valence-electron chi connectivity index (χ1n) is 7.01. The number of anilines is 1. The van der Waals surface area contributed by atoms with Gasteiger partial charge in [0.2, 0.25) is 5.91 Å². The van der Waals surface area contributed by atoms with Crippen molar-refractivity contribution in [3.63, 3.8) is 0 Å². The number of rotatable bonds is 5. The fourth-order valence-corrected chi connectivity index (χ4v) is 2.73. The van der Waals surface area contributed by atoms with E-state index in [9.17, 15) is 14.0 Å². The number of urea groups is 1. The lowest BCUT2D eigenvalue weighted by atomic mass is 10.3. The van der Waals surface area contributed by atoms with Crippen molar-refractivity contribution in [1.29, 1.82) is 0 Å². The highest BCUT2D eigenvalue weighted by atomic mass is 32.2. The number of amides is 3. The van der Waals surface area contributed by atoms with Gasteiger partial charge in [0, 0.05) is 6.04 Å². The molecule has 0 unspecified atom stereocenters. The maximum absolute atomic E-state index is 13.4. The summed E-state index contributed by atoms with van der Waals surface area (Å²) in [5.74, 6) is -1.04. The minimum absolute atomic E-state index is 0.0129. The Morgan fingerprint density at radius 2 is 2.13 bits per heavy atom. The summed E-state index contributed by atoms with van der Waals surface area (Å²) in [6.45, 7) is 0. The van der Waals surface area contributed by atoms with Crippen molar-refractivity contribution in [3.8, 4) is 0 Å². The number of nitrogens with zero attached hydrogens (tertiary/aromatic N) is 3. The number of carbonyl (C=O) groups is 2. The average Bonchev–Trinajstić information content (AvgIpc) is 3.26. The quantitative estimate of drug-likeness (QED) is 0.818. The molecular formula is C14H14FN5O2S. The van der Waals surface area contributed by atoms with Crippen LogP contribution in [-0.2, 0) is 4.79 Å². The summed E-state index contributed by atoms with van der Waals surface area (Å²) in [7, 11) is 0. The molecule has 9 heteroatoms. The van der Waals surface area contributed by atoms with E-state index in [2.05, 4.69) is 20.8 Å². The molecule has 1 aliphatic carbocycles. The number of benzene rings is 1. The molecule has 1 saturated carbocycles. The standard InChI is InChI=1S/C14H14FN5O2S/c15-10-3-1-2-4-11(10)17-13(22)18-12(21)7-23-14-19-16-8-20(14)9-5-6-9/h1-4,8-9H,5-7H2,(H2,17,18,21,22). The fourth-order valence-electron chi connectivity index (χ4n) is 1.95. The Hall–Kier alpha value is -2.42. The molecule has 1 heterocycles. The van der Waals surface area contributed by atoms with Gasteiger partial charge in [-0.25, -0.2) is 9.18 Å². The highest BCUT2D eigenvalue weighted by Gasteiger charge is 2.26. The van der Waals surface area contributed by atoms with E-state index in [1.54, 1.807) is 12.4 Å². The first kappa shape index (κ1) is 15.5. The normalized spacial score (nSPS) is 13.6. The van der Waals surface area contributed by atoms with Crippen LogP contribution in [0.5, 0.6) is 0 Å². The summed E-state index contributed by atoms with van der Waals surface area (Å²) in [6, 6.07) is 5.37. The molecule has 0 radical (unpaired) electrons. The van der Waals surface area contributed by atoms with E-state index in [-0.39, 0.29) is 11.4 Å². The lowest BCUT2D eigenvalue weighted by Gasteiger charge is -2.07. The van der Waals surface area contributed by atoms with E-state index < -0.39 is 17.8 Å². The van der Waals surface area contributed by atoms with E-state index in [1.807, 2.05) is 4.57 Å². The van der Waals surface area contributed by atoms with Crippen molar-refractivity contribution < 1.29 is 14.0 Å². The van der Waals surface area contributed by atoms with Crippen LogP contribution in [0.25, 0.3) is 0 Å². The molecule has 0 saturated heterocycles. The van der Waals surface area contributed by atoms with Crippen LogP contribution in [0.15, 0.2) is 35.7 Å². The molecule has 1 aliphatic rings. The summed E-state index contributed by atoms with van der Waals surface area (Å²) in [6.07, 6.45) is 3.81. The number of carbonyl (C=O) groups excluding carboxylic acids is 2. The van der Waals surface area contributed by atoms with E-state index in [4.69, 9.17) is 0 Å². The Morgan fingerprint density at radius 1 is 1.35 bits per heavy atom. The van der Waals surface area contributed by atoms with Gasteiger partial charge in [0.05, 0.1) is 11.4 Å². The Morgan fingerprint density at radius 3 is 2.87 bits per heavy atom. The van der Waals surface area contributed by atoms with Crippen LogP contribution < -0.4 is 10.6 Å². The zero-order valence-corrected chi connectivity index (χ0v) is 12.8. The van der Waals surface area contributed by atoms with Gasteiger partial charge in [-0.15, -0.1) is 10.2 Å². The van der Waals surface area contributed by atoms with Gasteiger partial charge < -0.3 is 9.88 Å². The second kappa shape index (κ2) is 6.78. The SMILES string of the molecule is O=C(CSc1nncn1C1CC1)NC(=O)Nc1ccccc1F. The third-order valence-corrected chi connectivity index (χ3v) is 4.15. The third-order valence-electron chi connectivity index (χ3n) is 3.19. The maximum Gasteiger partial charge on any atom is 0.325 e. The molecule has 1 aromatic carbocycles. The maximum atomic E-state index is 13.4. The number of thioether (sulfide) groups is 1. The number of aromatic nitrogens is 3. The summed E-state index contributed by atoms with van der Waals surface area (Å²) in [4.78, 5) is 23.4. The van der Waals surface area contributed by atoms with Gasteiger partial charge in [-0.1, -0.05) is 23.9 Å². The predicted molar refractivity (Wildman–Crippen MR) is 82.6 cm³/mol. The molecule has 3 rings (SSSR count). The van der Waals surface area contributed by atoms with Crippen LogP contribution in [0.2, 0.25) is 0 Å². The zero-order chi connectivity index (χ0) is 16.2. The highest BCUT2D eigenvalue weighted by Crippen LogP contribution is 2.37. The number of halogens is 1. The van der Waals surface area contributed by atoms with E-state index in [0.29, 0.717) is 11.2 Å². The van der Waals surface area contributed by atoms with Crippen LogP contribution in [0, 0.1) is 5.82 Å². The topological polar surface area (TPSA) is 88.9 Å². The molecule has 0 aliphatic heterocycles. The van der Waals surface area contributed by atoms with Crippen molar-refractivity contribution in [2.45, 2.75) is 24.0 Å². The summed E-state index contributed by atoms with van der Waals surface area (Å²) in [5.41, 5.74) is 0.0129. The second-order valence-corrected chi connectivity index (χ2v) is 5.97. The monoisotopic (exact) mass is 335 g/mol. The van der Waals surface area contributed by atoms with Crippen LogP contribution in [0.1, 0.15) is 18.9 Å². The van der Waals surface area contributed by atoms with E-state index >= 15 is 0 Å². The molecule has 3 amide bonds. The summed E-state index contributed by atoms with van der Waals surface area (Å²) in [5, 5.41) is 12.9. The minimum Gasteiger partial charge on any atom is -0.306 e. The van der Waals surface area contributed by atoms with Crippen LogP contribution >= 0.6 is 11.8 Å². The first-order chi connectivity index (χ1) is 11.1. The Balaban J connectivity index is 1.48. The summed E-state index contributed by atoms with van der Waals surface area (Å²) < 4.78 is 15.3. The lowest BCUT2D eigenvalue weighted by molar-refractivity contribution is -0.117. The van der Waals surface area contributed by atoms with Crippen molar-refractivity contribution in [2.24, 2.45) is 0 Å². The van der Waals surface area contributed by atoms with Crippen LogP contribution in [-0.4, -0.2) is 32.5 Å². The van der Waals surface area contributed by atoms with Crippen molar-refractivity contribution in [3.05, 3.63) is 36.4 Å². The Bertz CT molecular complexity index is 731. The van der Waals surface area contributed by atoms with Gasteiger partial charge in [0.15, 0.2) is 5.16 Å². The molecular weight excluding hydrogens is 321 g/mol. The number of para-hydroxylation sites is 1. The van der Waals surface area contributed by atoms with Crippen molar-refractivity contribution in [2.75, 3.05) is 11.1 Å². The molecule has 0 spiro atoms. The molecule has 0 atom stereocenters. The molecule has 2 aromatic rings. The highest BCUT2D eigenvalue weighted by molar-refractivity contribution is 7.99. The zero-order valence-electron chi connectivity index (χ0n) is 12.0. The van der Waals surface area contributed by atoms with Gasteiger partial charge in [0.25, 0.3) is 0 Å². The number of hydrogen-bond donors (Lipinski definition) is 2. The van der Waals surface area contributed by atoms with Gasteiger partial charge in [-0.05, 0) is 25.0 Å². The van der Waals surface area contributed by atoms with Gasteiger partial charge >= 0.3 is 6.03 Å². The largest absolute Gasteiger partial charge is 0.325 e. The molecule has 2 N–H and O–H groups in total. The minimum atomic E-state index is -0.774. The third kappa shape index (κ3) is 4.07. The van der Waals surface area contributed by atoms with Crippen molar-refractivity contribution in [1.82, 2.24) is 20.1 Å². The van der Waals surface area contributed by atoms with E-state index in [0.717, 1.165) is 12.8 Å². The fraction of sp³-hybridized carbons (Fsp3) is 0.286. The van der Waals surface area contributed by atoms with Gasteiger partial charge in [-0.3, -0.25) is 10.1 Å². The van der Waals surface area contributed by atoms with Crippen molar-refractivity contribution >= 4 is 29.4 Å². The first-order valence-corrected chi connectivity index (χ1v) is 7.99. The van der Waals surface area contributed by atoms with Gasteiger partial charge in [0.1, 0.15) is 12.1 Å². The average molecular weight is 335 g/mol. The Labute approximate surface area is 135 Å². The molecule has 120 valence electrons. The number of hydrogen-bond acceptors (Lipinski definition) is 5. The predicted octanol–water partition coefficient (Wildman–Crippen LogP) is 2.19. The van der Waals surface area contributed by atoms with E-state index in [1.165, 1.54) is 30.0 Å². The molecule has 1 fully saturated rings. The van der Waals surface area contributed by atoms with Crippen LogP contribution in [0.3, 0.4) is 0 Å². The number of nitrogens with one attached hydrogen (secondary N) is 2. The second-order valence-electron chi connectivity index (χ2n) is 5.02. The molecule has 23 heavy (non-hydrogen) atoms. The summed E-state index contributed by atoms with van der Waals surface area (Å²) >= 11 is 1.20. The number of imide groups is 1. The molecule has 1 aromatic heterocycles. The lowest BCUT2D eigenvalue weighted by Crippen LogP contribution is -2.35. The molecule has 0 bridgehead atoms. The van der Waals surface area contributed by atoms with Gasteiger partial charge in [-0.2, -0.15) is 0 Å². The Kier molecular flexibility index (Phi) is 4.56. The molecule has 7 nitrogen and oxygen atoms in total. The van der Waals surface area contributed by atoms with Crippen LogP contribution in [0.4, 0.5) is 14.9 Å². The smallest absolute Gasteiger partial charge is 0.306 e.